The number of likely N-dealkylation sites (tertiary alicyclic amines) is 1. The Morgan fingerprint density at radius 3 is 2.45 bits per heavy atom. The number of anilines is 3. The molecule has 0 saturated carbocycles. The highest BCUT2D eigenvalue weighted by Crippen LogP contribution is 2.35. The molecule has 1 aliphatic heterocycles. The first-order valence-electron chi connectivity index (χ1n) is 16.6. The molecule has 3 N–H and O–H groups in total. The van der Waals surface area contributed by atoms with E-state index < -0.39 is 0 Å². The minimum absolute atomic E-state index is 0.113. The third kappa shape index (κ3) is 6.71. The van der Waals surface area contributed by atoms with Crippen LogP contribution in [-0.2, 0) is 32.7 Å². The Bertz CT molecular complexity index is 1770. The number of benzene rings is 2. The summed E-state index contributed by atoms with van der Waals surface area (Å²) in [5, 5.41) is 14.4. The number of nitrogens with zero attached hydrogens (tertiary/aromatic N) is 5. The van der Waals surface area contributed by atoms with Crippen molar-refractivity contribution in [2.24, 2.45) is 7.05 Å². The molecule has 11 heteroatoms. The van der Waals surface area contributed by atoms with E-state index in [1.807, 2.05) is 25.4 Å². The van der Waals surface area contributed by atoms with Gasteiger partial charge in [0.05, 0.1) is 24.2 Å². The zero-order chi connectivity index (χ0) is 33.1. The maximum atomic E-state index is 13.8. The summed E-state index contributed by atoms with van der Waals surface area (Å²) in [4.78, 5) is 38.6. The van der Waals surface area contributed by atoms with Gasteiger partial charge in [0.1, 0.15) is 5.75 Å². The Morgan fingerprint density at radius 2 is 1.74 bits per heavy atom. The van der Waals surface area contributed by atoms with Crippen LogP contribution in [0.1, 0.15) is 76.2 Å². The van der Waals surface area contributed by atoms with Gasteiger partial charge in [0, 0.05) is 36.1 Å². The fourth-order valence-electron chi connectivity index (χ4n) is 6.65. The van der Waals surface area contributed by atoms with E-state index in [0.717, 1.165) is 90.9 Å². The van der Waals surface area contributed by atoms with Crippen molar-refractivity contribution in [2.75, 3.05) is 37.9 Å². The van der Waals surface area contributed by atoms with Crippen molar-refractivity contribution in [3.05, 3.63) is 76.1 Å². The monoisotopic (exact) mass is 636 g/mol. The molecule has 1 aliphatic carbocycles. The molecule has 11 nitrogen and oxygen atoms in total. The molecule has 47 heavy (non-hydrogen) atoms. The molecule has 6 rings (SSSR count). The Morgan fingerprint density at radius 1 is 1.00 bits per heavy atom. The van der Waals surface area contributed by atoms with Crippen molar-refractivity contribution in [1.82, 2.24) is 30.0 Å². The molecule has 246 valence electrons. The highest BCUT2D eigenvalue weighted by Gasteiger charge is 2.28. The smallest absolute Gasteiger partial charge is 0.276 e. The number of amides is 2. The van der Waals surface area contributed by atoms with E-state index in [9.17, 15) is 9.59 Å². The van der Waals surface area contributed by atoms with E-state index in [1.165, 1.54) is 0 Å². The minimum atomic E-state index is -0.210. The lowest BCUT2D eigenvalue weighted by molar-refractivity contribution is 0.0916. The van der Waals surface area contributed by atoms with Gasteiger partial charge in [-0.1, -0.05) is 32.0 Å². The van der Waals surface area contributed by atoms with Crippen LogP contribution in [0.5, 0.6) is 5.75 Å². The van der Waals surface area contributed by atoms with Gasteiger partial charge in [0.25, 0.3) is 11.8 Å². The van der Waals surface area contributed by atoms with Gasteiger partial charge in [-0.05, 0) is 100.0 Å². The molecule has 0 radical (unpaired) electrons. The van der Waals surface area contributed by atoms with Crippen LogP contribution in [0.4, 0.5) is 17.3 Å². The molecular formula is C36H44N8O3. The first kappa shape index (κ1) is 32.2. The normalized spacial score (nSPS) is 14.9. The maximum absolute atomic E-state index is 13.8. The largest absolute Gasteiger partial charge is 0.495 e. The molecule has 1 saturated heterocycles. The van der Waals surface area contributed by atoms with Crippen LogP contribution in [-0.4, -0.2) is 69.8 Å². The van der Waals surface area contributed by atoms with Crippen LogP contribution in [0.15, 0.2) is 42.6 Å². The quantitative estimate of drug-likeness (QED) is 0.226. The highest BCUT2D eigenvalue weighted by molar-refractivity contribution is 6.05. The summed E-state index contributed by atoms with van der Waals surface area (Å²) in [7, 11) is 5.54. The standard InChI is InChI=1S/C36H44N8O3/c1-6-22-10-8-11-23(7-2)30(22)40-35(46)32-27-13-9-12-25-21-37-36(41-31(25)33(27)44(4)42-32)39-28-15-14-24(20-29(28)47-5)34(45)38-26-16-18-43(3)19-17-26/h8,10-11,14-15,20-21,26H,6-7,9,12-13,16-19H2,1-5H3,(H,38,45)(H,40,46)(H,37,39,41). The predicted octanol–water partition coefficient (Wildman–Crippen LogP) is 5.32. The van der Waals surface area contributed by atoms with Crippen molar-refractivity contribution >= 4 is 29.1 Å². The van der Waals surface area contributed by atoms with E-state index in [0.29, 0.717) is 35.1 Å². The van der Waals surface area contributed by atoms with Crippen LogP contribution in [0.25, 0.3) is 11.4 Å². The summed E-state index contributed by atoms with van der Waals surface area (Å²) < 4.78 is 7.43. The van der Waals surface area contributed by atoms with Crippen molar-refractivity contribution in [3.63, 3.8) is 0 Å². The second kappa shape index (κ2) is 13.9. The van der Waals surface area contributed by atoms with Crippen molar-refractivity contribution < 1.29 is 14.3 Å². The number of aryl methyl sites for hydroxylation is 4. The summed E-state index contributed by atoms with van der Waals surface area (Å²) >= 11 is 0. The maximum Gasteiger partial charge on any atom is 0.276 e. The van der Waals surface area contributed by atoms with Gasteiger partial charge in [0.2, 0.25) is 5.95 Å². The Labute approximate surface area is 276 Å². The number of fused-ring (bicyclic) bond motifs is 3. The zero-order valence-corrected chi connectivity index (χ0v) is 27.9. The molecule has 0 unspecified atom stereocenters. The number of carbonyl (C=O) groups is 2. The predicted molar refractivity (Wildman–Crippen MR) is 184 cm³/mol. The summed E-state index contributed by atoms with van der Waals surface area (Å²) in [6, 6.07) is 11.7. The molecule has 2 amide bonds. The molecule has 0 atom stereocenters. The van der Waals surface area contributed by atoms with Crippen molar-refractivity contribution in [2.45, 2.75) is 64.8 Å². The molecule has 3 heterocycles. The van der Waals surface area contributed by atoms with Gasteiger partial charge in [-0.3, -0.25) is 14.3 Å². The average Bonchev–Trinajstić information content (AvgIpc) is 3.29. The molecule has 0 bridgehead atoms. The number of nitrogens with one attached hydrogen (secondary N) is 3. The molecule has 0 spiro atoms. The van der Waals surface area contributed by atoms with E-state index in [4.69, 9.17) is 14.8 Å². The molecule has 2 aromatic heterocycles. The summed E-state index contributed by atoms with van der Waals surface area (Å²) in [5.41, 5.74) is 8.15. The fraction of sp³-hybridized carbons (Fsp3) is 0.417. The third-order valence-corrected chi connectivity index (χ3v) is 9.32. The van der Waals surface area contributed by atoms with Crippen LogP contribution >= 0.6 is 0 Å². The van der Waals surface area contributed by atoms with Gasteiger partial charge >= 0.3 is 0 Å². The van der Waals surface area contributed by atoms with Crippen molar-refractivity contribution in [1.29, 1.82) is 0 Å². The minimum Gasteiger partial charge on any atom is -0.495 e. The fourth-order valence-corrected chi connectivity index (χ4v) is 6.65. The molecule has 2 aliphatic rings. The number of hydrogen-bond acceptors (Lipinski definition) is 8. The van der Waals surface area contributed by atoms with E-state index in [1.54, 1.807) is 23.9 Å². The molecule has 2 aromatic carbocycles. The summed E-state index contributed by atoms with van der Waals surface area (Å²) in [6.45, 7) is 6.13. The lowest BCUT2D eigenvalue weighted by atomic mass is 10.0. The number of methoxy groups -OCH3 is 1. The third-order valence-electron chi connectivity index (χ3n) is 9.32. The van der Waals surface area contributed by atoms with Gasteiger partial charge < -0.3 is 25.6 Å². The molecular weight excluding hydrogens is 592 g/mol. The lowest BCUT2D eigenvalue weighted by Gasteiger charge is -2.29. The molecule has 1 fully saturated rings. The van der Waals surface area contributed by atoms with Crippen LogP contribution in [0, 0.1) is 0 Å². The van der Waals surface area contributed by atoms with Gasteiger partial charge in [0.15, 0.2) is 5.69 Å². The Hall–Kier alpha value is -4.77. The summed E-state index contributed by atoms with van der Waals surface area (Å²) in [5.74, 6) is 0.574. The molecule has 4 aromatic rings. The van der Waals surface area contributed by atoms with E-state index >= 15 is 0 Å². The number of hydrogen-bond donors (Lipinski definition) is 3. The number of piperidine rings is 1. The zero-order valence-electron chi connectivity index (χ0n) is 27.9. The van der Waals surface area contributed by atoms with E-state index in [-0.39, 0.29) is 17.9 Å². The number of ether oxygens (including phenoxy) is 1. The highest BCUT2D eigenvalue weighted by atomic mass is 16.5. The Balaban J connectivity index is 1.25. The number of rotatable bonds is 9. The number of para-hydroxylation sites is 1. The first-order chi connectivity index (χ1) is 22.8. The topological polar surface area (TPSA) is 126 Å². The first-order valence-corrected chi connectivity index (χ1v) is 16.6. The van der Waals surface area contributed by atoms with Gasteiger partial charge in [-0.25, -0.2) is 9.97 Å². The van der Waals surface area contributed by atoms with Gasteiger partial charge in [-0.2, -0.15) is 5.10 Å². The lowest BCUT2D eigenvalue weighted by Crippen LogP contribution is -2.43. The van der Waals surface area contributed by atoms with Crippen molar-refractivity contribution in [3.8, 4) is 17.1 Å². The average molecular weight is 637 g/mol. The SMILES string of the molecule is CCc1cccc(CC)c1NC(=O)c1nn(C)c2c1CCCc1cnc(Nc3ccc(C(=O)NC4CCN(C)CC4)cc3OC)nc1-2. The van der Waals surface area contributed by atoms with E-state index in [2.05, 4.69) is 58.9 Å². The number of carbonyl (C=O) groups excluding carboxylic acids is 2. The van der Waals surface area contributed by atoms with Crippen LogP contribution in [0.2, 0.25) is 0 Å². The Kier molecular flexibility index (Phi) is 9.53. The van der Waals surface area contributed by atoms with Crippen LogP contribution in [0.3, 0.4) is 0 Å². The second-order valence-electron chi connectivity index (χ2n) is 12.4. The summed E-state index contributed by atoms with van der Waals surface area (Å²) in [6.07, 6.45) is 7.70. The second-order valence-corrected chi connectivity index (χ2v) is 12.4. The number of aromatic nitrogens is 4. The van der Waals surface area contributed by atoms with Crippen LogP contribution < -0.4 is 20.7 Å². The van der Waals surface area contributed by atoms with Gasteiger partial charge in [-0.15, -0.1) is 0 Å².